The Morgan fingerprint density at radius 2 is 1.70 bits per heavy atom. The summed E-state index contributed by atoms with van der Waals surface area (Å²) in [4.78, 5) is 33.3. The Morgan fingerprint density at radius 3 is 2.27 bits per heavy atom. The highest BCUT2D eigenvalue weighted by Gasteiger charge is 2.71. The van der Waals surface area contributed by atoms with Crippen LogP contribution in [0, 0.1) is 28.6 Å². The van der Waals surface area contributed by atoms with Crippen molar-refractivity contribution in [1.29, 1.82) is 0 Å². The number of rotatable bonds is 1. The van der Waals surface area contributed by atoms with Gasteiger partial charge in [-0.3, -0.25) is 14.4 Å². The van der Waals surface area contributed by atoms with Crippen molar-refractivity contribution < 1.29 is 29.0 Å². The van der Waals surface area contributed by atoms with Crippen molar-refractivity contribution in [2.24, 2.45) is 28.6 Å². The van der Waals surface area contributed by atoms with Gasteiger partial charge in [-0.1, -0.05) is 26.3 Å². The fourth-order valence-electron chi connectivity index (χ4n) is 7.44. The van der Waals surface area contributed by atoms with Gasteiger partial charge in [0.15, 0.2) is 11.6 Å². The topological polar surface area (TPSA) is 91.7 Å². The lowest BCUT2D eigenvalue weighted by Crippen LogP contribution is -2.64. The zero-order chi connectivity index (χ0) is 22.7. The van der Waals surface area contributed by atoms with E-state index in [0.29, 0.717) is 44.9 Å². The summed E-state index contributed by atoms with van der Waals surface area (Å²) in [6.07, 6.45) is 5.49. The maximum absolute atomic E-state index is 16.8. The fraction of sp³-hybridized carbons (Fsp3) is 0.792. The molecule has 0 saturated heterocycles. The van der Waals surface area contributed by atoms with Crippen LogP contribution in [0.1, 0.15) is 79.6 Å². The fourth-order valence-corrected chi connectivity index (χ4v) is 7.44. The summed E-state index contributed by atoms with van der Waals surface area (Å²) in [5.74, 6) is -0.841. The number of hydrogen-bond donors (Lipinski definition) is 2. The van der Waals surface area contributed by atoms with Crippen molar-refractivity contribution in [1.82, 2.24) is 0 Å². The summed E-state index contributed by atoms with van der Waals surface area (Å²) in [6, 6.07) is 0. The number of aliphatic hydroxyl groups is 1. The van der Waals surface area contributed by atoms with Crippen molar-refractivity contribution in [3.63, 3.8) is 0 Å². The number of fused-ring (bicyclic) bond motifs is 5. The maximum atomic E-state index is 16.8. The highest BCUT2D eigenvalue weighted by Crippen LogP contribution is 2.71. The Morgan fingerprint density at radius 1 is 1.10 bits per heavy atom. The van der Waals surface area contributed by atoms with Crippen LogP contribution in [0.3, 0.4) is 0 Å². The molecule has 4 aliphatic rings. The van der Waals surface area contributed by atoms with Crippen molar-refractivity contribution in [3.05, 3.63) is 11.6 Å². The molecule has 0 unspecified atom stereocenters. The van der Waals surface area contributed by atoms with E-state index in [4.69, 9.17) is 9.90 Å². The predicted molar refractivity (Wildman–Crippen MR) is 111 cm³/mol. The SMILES string of the molecule is CC(=O)O.CC(=O)[C@@]1(O)CC[C@H]2[C@@H]3C[C@H](C)C4=CC(=O)CC[C@]4(C)[C@@]3(F)CC[C@@]21C. The Labute approximate surface area is 178 Å². The van der Waals surface area contributed by atoms with Gasteiger partial charge in [0.05, 0.1) is 0 Å². The van der Waals surface area contributed by atoms with Gasteiger partial charge >= 0.3 is 0 Å². The molecule has 0 amide bonds. The molecule has 3 saturated carbocycles. The molecule has 0 bridgehead atoms. The number of halogens is 1. The lowest BCUT2D eigenvalue weighted by Gasteiger charge is -2.63. The summed E-state index contributed by atoms with van der Waals surface area (Å²) < 4.78 is 16.8. The highest BCUT2D eigenvalue weighted by molar-refractivity contribution is 5.92. The van der Waals surface area contributed by atoms with Gasteiger partial charge in [0.25, 0.3) is 5.97 Å². The Kier molecular flexibility index (Phi) is 5.58. The summed E-state index contributed by atoms with van der Waals surface area (Å²) >= 11 is 0. The average Bonchev–Trinajstić information content (AvgIpc) is 2.91. The number of Topliss-reactive ketones (excluding diaryl/α,β-unsaturated/α-hetero) is 1. The molecule has 30 heavy (non-hydrogen) atoms. The van der Waals surface area contributed by atoms with Gasteiger partial charge < -0.3 is 10.2 Å². The van der Waals surface area contributed by atoms with E-state index in [1.807, 2.05) is 13.8 Å². The molecule has 0 aromatic heterocycles. The molecule has 5 nitrogen and oxygen atoms in total. The van der Waals surface area contributed by atoms with E-state index in [-0.39, 0.29) is 29.3 Å². The van der Waals surface area contributed by atoms with Crippen LogP contribution >= 0.6 is 0 Å². The molecule has 6 heteroatoms. The Hall–Kier alpha value is -1.56. The average molecular weight is 423 g/mol. The smallest absolute Gasteiger partial charge is 0.300 e. The molecule has 0 aliphatic heterocycles. The van der Waals surface area contributed by atoms with E-state index in [1.54, 1.807) is 6.08 Å². The van der Waals surface area contributed by atoms with E-state index in [2.05, 4.69) is 6.92 Å². The molecule has 0 aromatic rings. The van der Waals surface area contributed by atoms with Gasteiger partial charge in [-0.05, 0) is 69.3 Å². The highest BCUT2D eigenvalue weighted by atomic mass is 19.1. The van der Waals surface area contributed by atoms with Gasteiger partial charge in [0.1, 0.15) is 11.3 Å². The summed E-state index contributed by atoms with van der Waals surface area (Å²) in [5.41, 5.74) is -2.81. The minimum Gasteiger partial charge on any atom is -0.481 e. The minimum atomic E-state index is -1.35. The lowest BCUT2D eigenvalue weighted by atomic mass is 9.43. The molecule has 7 atom stereocenters. The Balaban J connectivity index is 0.000000589. The first-order valence-corrected chi connectivity index (χ1v) is 11.1. The maximum Gasteiger partial charge on any atom is 0.300 e. The van der Waals surface area contributed by atoms with Crippen molar-refractivity contribution in [2.75, 3.05) is 0 Å². The van der Waals surface area contributed by atoms with E-state index in [1.165, 1.54) is 6.92 Å². The third-order valence-corrected chi connectivity index (χ3v) is 9.13. The molecular weight excluding hydrogens is 387 g/mol. The van der Waals surface area contributed by atoms with Crippen LogP contribution in [-0.4, -0.2) is 39.0 Å². The summed E-state index contributed by atoms with van der Waals surface area (Å²) in [7, 11) is 0. The van der Waals surface area contributed by atoms with Crippen LogP contribution in [0.15, 0.2) is 11.6 Å². The zero-order valence-electron chi connectivity index (χ0n) is 18.8. The number of carbonyl (C=O) groups excluding carboxylic acids is 2. The van der Waals surface area contributed by atoms with Gasteiger partial charge in [0.2, 0.25) is 0 Å². The molecule has 4 rings (SSSR count). The van der Waals surface area contributed by atoms with Gasteiger partial charge in [-0.25, -0.2) is 4.39 Å². The third-order valence-electron chi connectivity index (χ3n) is 9.13. The van der Waals surface area contributed by atoms with Crippen LogP contribution in [0.5, 0.6) is 0 Å². The number of carboxylic acids is 1. The largest absolute Gasteiger partial charge is 0.481 e. The second-order valence-corrected chi connectivity index (χ2v) is 10.5. The van der Waals surface area contributed by atoms with E-state index >= 15 is 4.39 Å². The zero-order valence-corrected chi connectivity index (χ0v) is 18.8. The van der Waals surface area contributed by atoms with Crippen LogP contribution in [0.2, 0.25) is 0 Å². The van der Waals surface area contributed by atoms with Crippen LogP contribution < -0.4 is 0 Å². The van der Waals surface area contributed by atoms with E-state index < -0.39 is 28.1 Å². The number of alkyl halides is 1. The van der Waals surface area contributed by atoms with Crippen molar-refractivity contribution >= 4 is 17.5 Å². The molecule has 0 radical (unpaired) electrons. The number of carbonyl (C=O) groups is 3. The first-order chi connectivity index (χ1) is 13.7. The van der Waals surface area contributed by atoms with E-state index in [0.717, 1.165) is 12.5 Å². The van der Waals surface area contributed by atoms with Crippen LogP contribution in [0.4, 0.5) is 4.39 Å². The molecule has 0 heterocycles. The molecule has 4 aliphatic carbocycles. The van der Waals surface area contributed by atoms with Crippen molar-refractivity contribution in [2.45, 2.75) is 90.8 Å². The van der Waals surface area contributed by atoms with Gasteiger partial charge in [-0.15, -0.1) is 0 Å². The molecule has 0 spiro atoms. The van der Waals surface area contributed by atoms with E-state index in [9.17, 15) is 14.7 Å². The molecular formula is C24H35FO5. The van der Waals surface area contributed by atoms with Crippen LogP contribution in [-0.2, 0) is 14.4 Å². The van der Waals surface area contributed by atoms with Crippen LogP contribution in [0.25, 0.3) is 0 Å². The molecule has 2 N–H and O–H groups in total. The summed E-state index contributed by atoms with van der Waals surface area (Å²) in [5, 5.41) is 18.6. The van der Waals surface area contributed by atoms with Crippen molar-refractivity contribution in [3.8, 4) is 0 Å². The number of allylic oxidation sites excluding steroid dienone is 1. The number of aliphatic carboxylic acids is 1. The predicted octanol–water partition coefficient (Wildman–Crippen LogP) is 4.27. The molecule has 0 aromatic carbocycles. The summed E-state index contributed by atoms with van der Waals surface area (Å²) in [6.45, 7) is 8.70. The second-order valence-electron chi connectivity index (χ2n) is 10.5. The minimum absolute atomic E-state index is 0.0219. The third kappa shape index (κ3) is 3.01. The quantitative estimate of drug-likeness (QED) is 0.658. The normalized spacial score (nSPS) is 47.1. The first kappa shape index (κ1) is 23.1. The van der Waals surface area contributed by atoms with Gasteiger partial charge in [-0.2, -0.15) is 0 Å². The monoisotopic (exact) mass is 422 g/mol. The standard InChI is InChI=1S/C22H31FO3.C2H4O2/c1-13-11-18-16-6-8-22(26,14(2)24)20(16,4)9-10-21(18,23)19(3)7-5-15(25)12-17(13)19;1-2(3)4/h12-13,16,18,26H,5-11H2,1-4H3;1H3,(H,3,4)/t13-,16-,18-,19-,20-,21+,22-;/m0./s1. The Bertz CT molecular complexity index is 801. The number of carboxylic acid groups (broad SMARTS) is 1. The number of hydrogen-bond acceptors (Lipinski definition) is 4. The number of ketones is 2. The van der Waals surface area contributed by atoms with Gasteiger partial charge in [0, 0.05) is 24.2 Å². The molecule has 168 valence electrons. The second kappa shape index (κ2) is 7.25. The molecule has 3 fully saturated rings. The lowest BCUT2D eigenvalue weighted by molar-refractivity contribution is -0.185. The first-order valence-electron chi connectivity index (χ1n) is 11.1.